The minimum absolute atomic E-state index is 0.0523. The number of hydrogen-bond donors (Lipinski definition) is 1. The zero-order chi connectivity index (χ0) is 12.0. The largest absolute Gasteiger partial charge is 0.386 e. The SMILES string of the molecule is CCC1(O)CN(C(=O)c2cc3sccc3s2)C1. The van der Waals surface area contributed by atoms with Crippen LogP contribution >= 0.6 is 22.7 Å². The molecule has 0 aliphatic carbocycles. The Hall–Kier alpha value is -0.910. The van der Waals surface area contributed by atoms with Crippen LogP contribution in [0.2, 0.25) is 0 Å². The lowest BCUT2D eigenvalue weighted by molar-refractivity contribution is -0.0824. The molecule has 1 saturated heterocycles. The van der Waals surface area contributed by atoms with Gasteiger partial charge in [-0.1, -0.05) is 6.92 Å². The minimum atomic E-state index is -0.649. The van der Waals surface area contributed by atoms with Crippen LogP contribution in [0.5, 0.6) is 0 Å². The number of likely N-dealkylation sites (tertiary alicyclic amines) is 1. The third-order valence-electron chi connectivity index (χ3n) is 3.27. The predicted octanol–water partition coefficient (Wildman–Crippen LogP) is 2.56. The van der Waals surface area contributed by atoms with E-state index in [-0.39, 0.29) is 5.91 Å². The molecule has 0 bridgehead atoms. The van der Waals surface area contributed by atoms with Crippen LogP contribution < -0.4 is 0 Å². The van der Waals surface area contributed by atoms with E-state index in [4.69, 9.17) is 0 Å². The van der Waals surface area contributed by atoms with Gasteiger partial charge in [0.25, 0.3) is 5.91 Å². The van der Waals surface area contributed by atoms with Gasteiger partial charge in [-0.2, -0.15) is 0 Å². The molecule has 3 heterocycles. The Bertz CT molecular complexity index is 537. The van der Waals surface area contributed by atoms with Gasteiger partial charge in [-0.15, -0.1) is 22.7 Å². The van der Waals surface area contributed by atoms with Crippen molar-refractivity contribution in [3.63, 3.8) is 0 Å². The van der Waals surface area contributed by atoms with Gasteiger partial charge in [-0.3, -0.25) is 4.79 Å². The number of aliphatic hydroxyl groups is 1. The number of carbonyl (C=O) groups excluding carboxylic acids is 1. The summed E-state index contributed by atoms with van der Waals surface area (Å²) < 4.78 is 2.34. The van der Waals surface area contributed by atoms with E-state index in [2.05, 4.69) is 0 Å². The van der Waals surface area contributed by atoms with Crippen molar-refractivity contribution in [1.29, 1.82) is 0 Å². The van der Waals surface area contributed by atoms with Crippen LogP contribution in [-0.4, -0.2) is 34.6 Å². The van der Waals surface area contributed by atoms with Crippen molar-refractivity contribution in [3.05, 3.63) is 22.4 Å². The van der Waals surface area contributed by atoms with Gasteiger partial charge in [0.2, 0.25) is 0 Å². The maximum absolute atomic E-state index is 12.1. The highest BCUT2D eigenvalue weighted by atomic mass is 32.1. The van der Waals surface area contributed by atoms with E-state index >= 15 is 0 Å². The molecule has 90 valence electrons. The van der Waals surface area contributed by atoms with Crippen molar-refractivity contribution >= 4 is 38.0 Å². The first kappa shape index (κ1) is 11.2. The minimum Gasteiger partial charge on any atom is -0.386 e. The fourth-order valence-electron chi connectivity index (χ4n) is 2.06. The Labute approximate surface area is 107 Å². The fourth-order valence-corrected chi connectivity index (χ4v) is 4.14. The van der Waals surface area contributed by atoms with Gasteiger partial charge in [-0.05, 0) is 23.9 Å². The summed E-state index contributed by atoms with van der Waals surface area (Å²) in [5.41, 5.74) is -0.649. The Morgan fingerprint density at radius 1 is 1.53 bits per heavy atom. The van der Waals surface area contributed by atoms with Crippen LogP contribution in [0.1, 0.15) is 23.0 Å². The predicted molar refractivity (Wildman–Crippen MR) is 70.8 cm³/mol. The summed E-state index contributed by atoms with van der Waals surface area (Å²) in [5.74, 6) is 0.0523. The van der Waals surface area contributed by atoms with Crippen molar-refractivity contribution in [3.8, 4) is 0 Å². The molecule has 5 heteroatoms. The third-order valence-corrected chi connectivity index (χ3v) is 5.35. The van der Waals surface area contributed by atoms with Gasteiger partial charge in [0.15, 0.2) is 0 Å². The molecular weight excluding hydrogens is 254 g/mol. The smallest absolute Gasteiger partial charge is 0.264 e. The third kappa shape index (κ3) is 1.78. The second-order valence-electron chi connectivity index (χ2n) is 4.50. The first-order valence-electron chi connectivity index (χ1n) is 5.60. The fraction of sp³-hybridized carbons (Fsp3) is 0.417. The number of rotatable bonds is 2. The van der Waals surface area contributed by atoms with E-state index < -0.39 is 5.60 Å². The average molecular weight is 267 g/mol. The van der Waals surface area contributed by atoms with Crippen LogP contribution in [0.25, 0.3) is 9.40 Å². The molecule has 3 rings (SSSR count). The molecule has 0 atom stereocenters. The highest BCUT2D eigenvalue weighted by Crippen LogP contribution is 2.33. The molecule has 0 aromatic carbocycles. The number of carbonyl (C=O) groups is 1. The average Bonchev–Trinajstić information content (AvgIpc) is 2.83. The summed E-state index contributed by atoms with van der Waals surface area (Å²) in [6.45, 7) is 2.88. The van der Waals surface area contributed by atoms with Crippen molar-refractivity contribution in [2.24, 2.45) is 0 Å². The summed E-state index contributed by atoms with van der Waals surface area (Å²) in [4.78, 5) is 14.6. The van der Waals surface area contributed by atoms with Gasteiger partial charge < -0.3 is 10.0 Å². The highest BCUT2D eigenvalue weighted by molar-refractivity contribution is 7.27. The van der Waals surface area contributed by atoms with Crippen molar-refractivity contribution in [2.75, 3.05) is 13.1 Å². The normalized spacial score (nSPS) is 18.4. The summed E-state index contributed by atoms with van der Waals surface area (Å²) in [6.07, 6.45) is 0.705. The molecule has 2 aromatic heterocycles. The van der Waals surface area contributed by atoms with E-state index in [9.17, 15) is 9.90 Å². The van der Waals surface area contributed by atoms with Crippen LogP contribution in [0.4, 0.5) is 0 Å². The van der Waals surface area contributed by atoms with Crippen LogP contribution in [0.3, 0.4) is 0 Å². The number of amides is 1. The van der Waals surface area contributed by atoms with E-state index in [1.807, 2.05) is 24.4 Å². The zero-order valence-electron chi connectivity index (χ0n) is 9.47. The van der Waals surface area contributed by atoms with Crippen LogP contribution in [0.15, 0.2) is 17.5 Å². The summed E-state index contributed by atoms with van der Waals surface area (Å²) in [7, 11) is 0. The molecule has 1 N–H and O–H groups in total. The number of hydrogen-bond acceptors (Lipinski definition) is 4. The zero-order valence-corrected chi connectivity index (χ0v) is 11.1. The Balaban J connectivity index is 1.78. The molecule has 3 nitrogen and oxygen atoms in total. The lowest BCUT2D eigenvalue weighted by atomic mass is 9.91. The second-order valence-corrected chi connectivity index (χ2v) is 6.53. The Morgan fingerprint density at radius 3 is 2.94 bits per heavy atom. The van der Waals surface area contributed by atoms with Gasteiger partial charge >= 0.3 is 0 Å². The van der Waals surface area contributed by atoms with Crippen molar-refractivity contribution in [1.82, 2.24) is 4.90 Å². The monoisotopic (exact) mass is 267 g/mol. The van der Waals surface area contributed by atoms with Crippen molar-refractivity contribution < 1.29 is 9.90 Å². The quantitative estimate of drug-likeness (QED) is 0.908. The first-order valence-corrected chi connectivity index (χ1v) is 7.30. The number of nitrogens with zero attached hydrogens (tertiary/aromatic N) is 1. The number of thiophene rings is 2. The Morgan fingerprint density at radius 2 is 2.29 bits per heavy atom. The summed E-state index contributed by atoms with van der Waals surface area (Å²) in [6, 6.07) is 4.00. The number of fused-ring (bicyclic) bond motifs is 1. The van der Waals surface area contributed by atoms with Gasteiger partial charge in [0.1, 0.15) is 0 Å². The Kier molecular flexibility index (Phi) is 2.50. The van der Waals surface area contributed by atoms with Crippen LogP contribution in [-0.2, 0) is 0 Å². The first-order chi connectivity index (χ1) is 8.11. The molecule has 0 saturated carbocycles. The summed E-state index contributed by atoms with van der Waals surface area (Å²) in [5, 5.41) is 11.9. The lowest BCUT2D eigenvalue weighted by Gasteiger charge is -2.45. The number of β-amino-alcohol motifs (C(OH)–C–C–N with tert-alkyl or cyclic N) is 1. The van der Waals surface area contributed by atoms with E-state index in [0.717, 1.165) is 4.88 Å². The molecule has 1 aliphatic heterocycles. The van der Waals surface area contributed by atoms with E-state index in [1.165, 1.54) is 20.7 Å². The molecule has 2 aromatic rings. The van der Waals surface area contributed by atoms with Crippen LogP contribution in [0, 0.1) is 0 Å². The van der Waals surface area contributed by atoms with Gasteiger partial charge in [0, 0.05) is 9.40 Å². The van der Waals surface area contributed by atoms with Gasteiger partial charge in [-0.25, -0.2) is 0 Å². The molecule has 0 radical (unpaired) electrons. The molecule has 0 spiro atoms. The molecule has 1 amide bonds. The topological polar surface area (TPSA) is 40.5 Å². The lowest BCUT2D eigenvalue weighted by Crippen LogP contribution is -2.63. The molecule has 1 aliphatic rings. The maximum atomic E-state index is 12.1. The molecule has 17 heavy (non-hydrogen) atoms. The van der Waals surface area contributed by atoms with E-state index in [0.29, 0.717) is 19.5 Å². The van der Waals surface area contributed by atoms with Crippen molar-refractivity contribution in [2.45, 2.75) is 18.9 Å². The molecule has 1 fully saturated rings. The standard InChI is InChI=1S/C12H13NO2S2/c1-2-12(15)6-13(7-12)11(14)10-5-9-8(17-10)3-4-16-9/h3-5,15H,2,6-7H2,1H3. The maximum Gasteiger partial charge on any atom is 0.264 e. The van der Waals surface area contributed by atoms with E-state index in [1.54, 1.807) is 16.2 Å². The van der Waals surface area contributed by atoms with Gasteiger partial charge in [0.05, 0.1) is 23.6 Å². The highest BCUT2D eigenvalue weighted by Gasteiger charge is 2.42. The molecule has 0 unspecified atom stereocenters. The molecular formula is C12H13NO2S2. The second kappa shape index (κ2) is 3.80. The summed E-state index contributed by atoms with van der Waals surface area (Å²) >= 11 is 3.19.